The van der Waals surface area contributed by atoms with Gasteiger partial charge in [0.1, 0.15) is 11.6 Å². The molecule has 0 aliphatic carbocycles. The van der Waals surface area contributed by atoms with Crippen molar-refractivity contribution in [3.8, 4) is 17.0 Å². The fourth-order valence-electron chi connectivity index (χ4n) is 2.62. The van der Waals surface area contributed by atoms with Crippen LogP contribution in [0.15, 0.2) is 52.3 Å². The number of benzene rings is 2. The van der Waals surface area contributed by atoms with E-state index in [4.69, 9.17) is 9.15 Å². The SMILES string of the molecule is COc1cccc2cc(C(=O)Nc3nc(-c4ccc(F)cc4F)cs3)oc12. The number of methoxy groups -OCH3 is 1. The van der Waals surface area contributed by atoms with Gasteiger partial charge in [-0.25, -0.2) is 13.8 Å². The molecule has 1 N–H and O–H groups in total. The Labute approximate surface area is 156 Å². The van der Waals surface area contributed by atoms with Gasteiger partial charge in [0.15, 0.2) is 22.2 Å². The monoisotopic (exact) mass is 386 g/mol. The quantitative estimate of drug-likeness (QED) is 0.530. The van der Waals surface area contributed by atoms with E-state index in [0.29, 0.717) is 17.0 Å². The lowest BCUT2D eigenvalue weighted by atomic mass is 10.1. The first-order valence-electron chi connectivity index (χ1n) is 7.84. The van der Waals surface area contributed by atoms with Crippen LogP contribution in [0.25, 0.3) is 22.2 Å². The van der Waals surface area contributed by atoms with E-state index in [-0.39, 0.29) is 16.5 Å². The Bertz CT molecular complexity index is 1150. The van der Waals surface area contributed by atoms with Crippen LogP contribution in [0.5, 0.6) is 5.75 Å². The van der Waals surface area contributed by atoms with Crippen molar-refractivity contribution < 1.29 is 22.7 Å². The first kappa shape index (κ1) is 17.2. The summed E-state index contributed by atoms with van der Waals surface area (Å²) in [7, 11) is 1.52. The number of ether oxygens (including phenoxy) is 1. The van der Waals surface area contributed by atoms with Gasteiger partial charge in [0.25, 0.3) is 5.91 Å². The number of thiazole rings is 1. The maximum atomic E-state index is 13.9. The van der Waals surface area contributed by atoms with E-state index >= 15 is 0 Å². The lowest BCUT2D eigenvalue weighted by molar-refractivity contribution is 0.0998. The number of carbonyl (C=O) groups is 1. The van der Waals surface area contributed by atoms with E-state index in [1.165, 1.54) is 13.2 Å². The highest BCUT2D eigenvalue weighted by Crippen LogP contribution is 2.30. The number of halogens is 2. The molecule has 1 amide bonds. The fraction of sp³-hybridized carbons (Fsp3) is 0.0526. The van der Waals surface area contributed by atoms with Crippen LogP contribution in [-0.2, 0) is 0 Å². The van der Waals surface area contributed by atoms with E-state index in [1.807, 2.05) is 0 Å². The highest BCUT2D eigenvalue weighted by Gasteiger charge is 2.17. The summed E-state index contributed by atoms with van der Waals surface area (Å²) < 4.78 is 37.7. The molecule has 0 spiro atoms. The molecule has 0 unspecified atom stereocenters. The molecule has 0 atom stereocenters. The van der Waals surface area contributed by atoms with Crippen molar-refractivity contribution >= 4 is 33.3 Å². The molecule has 0 bridgehead atoms. The molecule has 2 heterocycles. The third-order valence-electron chi connectivity index (χ3n) is 3.88. The summed E-state index contributed by atoms with van der Waals surface area (Å²) in [5.41, 5.74) is 0.930. The fourth-order valence-corrected chi connectivity index (χ4v) is 3.33. The molecule has 2 aromatic heterocycles. The number of aromatic nitrogens is 1. The van der Waals surface area contributed by atoms with Crippen LogP contribution in [0.3, 0.4) is 0 Å². The molecular formula is C19H12F2N2O3S. The third kappa shape index (κ3) is 3.26. The molecule has 5 nitrogen and oxygen atoms in total. The number of anilines is 1. The number of nitrogens with zero attached hydrogens (tertiary/aromatic N) is 1. The second-order valence-corrected chi connectivity index (χ2v) is 6.46. The Hall–Kier alpha value is -3.26. The van der Waals surface area contributed by atoms with Crippen LogP contribution in [0, 0.1) is 11.6 Å². The van der Waals surface area contributed by atoms with E-state index in [2.05, 4.69) is 10.3 Å². The Morgan fingerprint density at radius 1 is 1.22 bits per heavy atom. The molecule has 8 heteroatoms. The van der Waals surface area contributed by atoms with Crippen molar-refractivity contribution in [2.24, 2.45) is 0 Å². The summed E-state index contributed by atoms with van der Waals surface area (Å²) >= 11 is 1.12. The van der Waals surface area contributed by atoms with Gasteiger partial charge < -0.3 is 9.15 Å². The predicted molar refractivity (Wildman–Crippen MR) is 98.2 cm³/mol. The van der Waals surface area contributed by atoms with Gasteiger partial charge in [-0.05, 0) is 24.3 Å². The zero-order chi connectivity index (χ0) is 19.0. The Morgan fingerprint density at radius 2 is 2.07 bits per heavy atom. The zero-order valence-corrected chi connectivity index (χ0v) is 14.8. The Kier molecular flexibility index (Phi) is 4.33. The highest BCUT2D eigenvalue weighted by atomic mass is 32.1. The van der Waals surface area contributed by atoms with Gasteiger partial charge >= 0.3 is 0 Å². The van der Waals surface area contributed by atoms with Gasteiger partial charge in [-0.1, -0.05) is 12.1 Å². The molecule has 4 rings (SSSR count). The lowest BCUT2D eigenvalue weighted by Crippen LogP contribution is -2.10. The van der Waals surface area contributed by atoms with Crippen LogP contribution < -0.4 is 10.1 Å². The summed E-state index contributed by atoms with van der Waals surface area (Å²) in [5, 5.41) is 5.19. The van der Waals surface area contributed by atoms with Crippen molar-refractivity contribution in [3.05, 3.63) is 65.2 Å². The number of furan rings is 1. The number of carbonyl (C=O) groups excluding carboxylic acids is 1. The zero-order valence-electron chi connectivity index (χ0n) is 14.0. The molecule has 2 aromatic carbocycles. The average Bonchev–Trinajstić information content (AvgIpc) is 3.28. The molecule has 0 fully saturated rings. The van der Waals surface area contributed by atoms with Crippen LogP contribution in [-0.4, -0.2) is 18.0 Å². The summed E-state index contributed by atoms with van der Waals surface area (Å²) in [4.78, 5) is 16.6. The number of amides is 1. The van der Waals surface area contributed by atoms with E-state index in [0.717, 1.165) is 28.9 Å². The van der Waals surface area contributed by atoms with Gasteiger partial charge in [-0.2, -0.15) is 0 Å². The smallest absolute Gasteiger partial charge is 0.293 e. The summed E-state index contributed by atoms with van der Waals surface area (Å²) in [5.74, 6) is -1.26. The van der Waals surface area contributed by atoms with E-state index < -0.39 is 17.5 Å². The van der Waals surface area contributed by atoms with Gasteiger partial charge in [-0.3, -0.25) is 10.1 Å². The number of nitrogens with one attached hydrogen (secondary N) is 1. The molecule has 0 aliphatic rings. The molecule has 0 aliphatic heterocycles. The summed E-state index contributed by atoms with van der Waals surface area (Å²) in [6.07, 6.45) is 0. The molecule has 27 heavy (non-hydrogen) atoms. The average molecular weight is 386 g/mol. The maximum absolute atomic E-state index is 13.9. The second kappa shape index (κ2) is 6.81. The third-order valence-corrected chi connectivity index (χ3v) is 4.64. The number of hydrogen-bond acceptors (Lipinski definition) is 5. The molecular weight excluding hydrogens is 374 g/mol. The van der Waals surface area contributed by atoms with Crippen LogP contribution >= 0.6 is 11.3 Å². The minimum Gasteiger partial charge on any atom is -0.493 e. The number of para-hydroxylation sites is 1. The minimum atomic E-state index is -0.720. The normalized spacial score (nSPS) is 10.9. The predicted octanol–water partition coefficient (Wildman–Crippen LogP) is 5.10. The molecule has 0 radical (unpaired) electrons. The molecule has 136 valence electrons. The van der Waals surface area contributed by atoms with Gasteiger partial charge in [0.05, 0.1) is 12.8 Å². The molecule has 4 aromatic rings. The van der Waals surface area contributed by atoms with Gasteiger partial charge in [0, 0.05) is 22.4 Å². The molecule has 0 saturated carbocycles. The Morgan fingerprint density at radius 3 is 2.85 bits per heavy atom. The number of rotatable bonds is 4. The summed E-state index contributed by atoms with van der Waals surface area (Å²) in [6, 6.07) is 10.2. The number of fused-ring (bicyclic) bond motifs is 1. The van der Waals surface area contributed by atoms with Crippen molar-refractivity contribution in [1.29, 1.82) is 0 Å². The minimum absolute atomic E-state index is 0.0965. The van der Waals surface area contributed by atoms with Crippen molar-refractivity contribution in [3.63, 3.8) is 0 Å². The Balaban J connectivity index is 1.58. The van der Waals surface area contributed by atoms with Crippen LogP contribution in [0.2, 0.25) is 0 Å². The maximum Gasteiger partial charge on any atom is 0.293 e. The van der Waals surface area contributed by atoms with Crippen molar-refractivity contribution in [2.45, 2.75) is 0 Å². The first-order valence-corrected chi connectivity index (χ1v) is 8.72. The largest absolute Gasteiger partial charge is 0.493 e. The van der Waals surface area contributed by atoms with Crippen molar-refractivity contribution in [1.82, 2.24) is 4.98 Å². The lowest BCUT2D eigenvalue weighted by Gasteiger charge is -2.00. The van der Waals surface area contributed by atoms with Crippen LogP contribution in [0.1, 0.15) is 10.6 Å². The van der Waals surface area contributed by atoms with E-state index in [9.17, 15) is 13.6 Å². The van der Waals surface area contributed by atoms with Crippen LogP contribution in [0.4, 0.5) is 13.9 Å². The van der Waals surface area contributed by atoms with Crippen molar-refractivity contribution in [2.75, 3.05) is 12.4 Å². The number of hydrogen-bond donors (Lipinski definition) is 1. The summed E-state index contributed by atoms with van der Waals surface area (Å²) in [6.45, 7) is 0. The topological polar surface area (TPSA) is 64.4 Å². The molecule has 0 saturated heterocycles. The van der Waals surface area contributed by atoms with E-state index in [1.54, 1.807) is 29.6 Å². The first-order chi connectivity index (χ1) is 13.0. The highest BCUT2D eigenvalue weighted by molar-refractivity contribution is 7.14. The van der Waals surface area contributed by atoms with Gasteiger partial charge in [-0.15, -0.1) is 11.3 Å². The standard InChI is InChI=1S/C19H12F2N2O3S/c1-25-15-4-2-3-10-7-16(26-17(10)15)18(24)23-19-22-14(9-27-19)12-6-5-11(20)8-13(12)21/h2-9H,1H3,(H,22,23,24). The second-order valence-electron chi connectivity index (χ2n) is 5.61. The van der Waals surface area contributed by atoms with Gasteiger partial charge in [0.2, 0.25) is 0 Å².